The van der Waals surface area contributed by atoms with Gasteiger partial charge in [0.2, 0.25) is 5.91 Å². The molecule has 0 radical (unpaired) electrons. The number of rotatable bonds is 8. The van der Waals surface area contributed by atoms with Crippen LogP contribution in [0.4, 0.5) is 5.69 Å². The molecule has 0 saturated carbocycles. The van der Waals surface area contributed by atoms with Crippen molar-refractivity contribution in [1.82, 2.24) is 14.8 Å². The molecule has 4 rings (SSSR count). The second-order valence-electron chi connectivity index (χ2n) is 8.07. The first-order chi connectivity index (χ1) is 16.8. The van der Waals surface area contributed by atoms with Crippen molar-refractivity contribution in [1.29, 1.82) is 0 Å². The number of anilines is 1. The number of carbonyl (C=O) groups is 1. The van der Waals surface area contributed by atoms with Gasteiger partial charge in [0.15, 0.2) is 11.0 Å². The number of carbonyl (C=O) groups excluding carboxylic acids is 1. The fraction of sp³-hybridized carbons (Fsp3) is 0.192. The Morgan fingerprint density at radius 3 is 2.29 bits per heavy atom. The number of amides is 1. The van der Waals surface area contributed by atoms with Crippen molar-refractivity contribution in [2.45, 2.75) is 32.5 Å². The molecule has 1 aromatic heterocycles. The van der Waals surface area contributed by atoms with E-state index in [0.717, 1.165) is 28.1 Å². The summed E-state index contributed by atoms with van der Waals surface area (Å²) in [5.74, 6) is 1.40. The summed E-state index contributed by atoms with van der Waals surface area (Å²) in [5.41, 5.74) is 4.68. The van der Waals surface area contributed by atoms with Crippen LogP contribution in [0.25, 0.3) is 5.69 Å². The number of thioether (sulfide) groups is 1. The van der Waals surface area contributed by atoms with Gasteiger partial charge in [0.1, 0.15) is 12.4 Å². The average molecular weight is 527 g/mol. The van der Waals surface area contributed by atoms with Gasteiger partial charge in [-0.15, -0.1) is 10.2 Å². The molecule has 6 nitrogen and oxygen atoms in total. The van der Waals surface area contributed by atoms with Crippen LogP contribution in [0, 0.1) is 20.8 Å². The van der Waals surface area contributed by atoms with Gasteiger partial charge in [0.25, 0.3) is 0 Å². The van der Waals surface area contributed by atoms with Gasteiger partial charge >= 0.3 is 0 Å². The van der Waals surface area contributed by atoms with E-state index in [2.05, 4.69) is 15.5 Å². The van der Waals surface area contributed by atoms with E-state index < -0.39 is 0 Å². The van der Waals surface area contributed by atoms with Gasteiger partial charge in [-0.25, -0.2) is 0 Å². The van der Waals surface area contributed by atoms with Crippen LogP contribution in [0.15, 0.2) is 65.8 Å². The van der Waals surface area contributed by atoms with Crippen molar-refractivity contribution in [3.63, 3.8) is 0 Å². The number of halogens is 2. The standard InChI is InChI=1S/C26H24Cl2N4O2S/c1-16-7-9-22(10-8-16)32-23(14-34-25-17(2)5-4-6-18(25)3)30-31-26(32)35-15-24(33)29-21-12-19(27)11-20(28)13-21/h4-13H,14-15H2,1-3H3,(H,29,33). The second kappa shape index (κ2) is 11.2. The third-order valence-electron chi connectivity index (χ3n) is 5.23. The summed E-state index contributed by atoms with van der Waals surface area (Å²) < 4.78 is 8.06. The third-order valence-corrected chi connectivity index (χ3v) is 6.59. The molecule has 0 fully saturated rings. The minimum Gasteiger partial charge on any atom is -0.485 e. The molecule has 180 valence electrons. The van der Waals surface area contributed by atoms with E-state index in [1.807, 2.05) is 67.8 Å². The molecule has 0 atom stereocenters. The normalized spacial score (nSPS) is 10.9. The molecule has 1 N–H and O–H groups in total. The lowest BCUT2D eigenvalue weighted by atomic mass is 10.1. The molecule has 3 aromatic carbocycles. The van der Waals surface area contributed by atoms with Gasteiger partial charge in [-0.3, -0.25) is 9.36 Å². The largest absolute Gasteiger partial charge is 0.485 e. The van der Waals surface area contributed by atoms with E-state index in [0.29, 0.717) is 26.7 Å². The van der Waals surface area contributed by atoms with Crippen LogP contribution in [-0.4, -0.2) is 26.4 Å². The maximum Gasteiger partial charge on any atom is 0.234 e. The Morgan fingerprint density at radius 2 is 1.63 bits per heavy atom. The van der Waals surface area contributed by atoms with E-state index >= 15 is 0 Å². The SMILES string of the molecule is Cc1ccc(-n2c(COc3c(C)cccc3C)nnc2SCC(=O)Nc2cc(Cl)cc(Cl)c2)cc1. The van der Waals surface area contributed by atoms with Crippen molar-refractivity contribution >= 4 is 46.6 Å². The summed E-state index contributed by atoms with van der Waals surface area (Å²) in [6, 6.07) is 19.0. The van der Waals surface area contributed by atoms with E-state index in [9.17, 15) is 4.79 Å². The maximum atomic E-state index is 12.6. The number of aryl methyl sites for hydroxylation is 3. The Balaban J connectivity index is 1.54. The number of para-hydroxylation sites is 1. The first-order valence-electron chi connectivity index (χ1n) is 10.9. The third kappa shape index (κ3) is 6.36. The fourth-order valence-electron chi connectivity index (χ4n) is 3.56. The molecule has 4 aromatic rings. The highest BCUT2D eigenvalue weighted by atomic mass is 35.5. The number of hydrogen-bond acceptors (Lipinski definition) is 5. The topological polar surface area (TPSA) is 69.0 Å². The lowest BCUT2D eigenvalue weighted by Gasteiger charge is -2.14. The highest BCUT2D eigenvalue weighted by Gasteiger charge is 2.17. The zero-order valence-electron chi connectivity index (χ0n) is 19.5. The summed E-state index contributed by atoms with van der Waals surface area (Å²) >= 11 is 13.3. The lowest BCUT2D eigenvalue weighted by molar-refractivity contribution is -0.113. The molecule has 1 amide bonds. The van der Waals surface area contributed by atoms with Gasteiger partial charge in [0.05, 0.1) is 5.75 Å². The lowest BCUT2D eigenvalue weighted by Crippen LogP contribution is -2.15. The van der Waals surface area contributed by atoms with Crippen LogP contribution in [0.2, 0.25) is 10.0 Å². The first-order valence-corrected chi connectivity index (χ1v) is 12.6. The van der Waals surface area contributed by atoms with Gasteiger partial charge in [-0.05, 0) is 62.2 Å². The Labute approximate surface area is 218 Å². The molecule has 35 heavy (non-hydrogen) atoms. The average Bonchev–Trinajstić information content (AvgIpc) is 3.20. The fourth-order valence-corrected chi connectivity index (χ4v) is 4.85. The minimum atomic E-state index is -0.208. The van der Waals surface area contributed by atoms with Crippen LogP contribution >= 0.6 is 35.0 Å². The molecular weight excluding hydrogens is 503 g/mol. The summed E-state index contributed by atoms with van der Waals surface area (Å²) in [6.45, 7) is 6.30. The van der Waals surface area contributed by atoms with Gasteiger partial charge in [0, 0.05) is 21.4 Å². The number of nitrogens with one attached hydrogen (secondary N) is 1. The van der Waals surface area contributed by atoms with Crippen LogP contribution in [0.5, 0.6) is 5.75 Å². The Kier molecular flexibility index (Phi) is 8.00. The summed E-state index contributed by atoms with van der Waals surface area (Å²) in [7, 11) is 0. The van der Waals surface area contributed by atoms with Crippen LogP contribution in [-0.2, 0) is 11.4 Å². The van der Waals surface area contributed by atoms with Crippen LogP contribution in [0.1, 0.15) is 22.5 Å². The number of hydrogen-bond donors (Lipinski definition) is 1. The van der Waals surface area contributed by atoms with Crippen molar-refractivity contribution in [2.75, 3.05) is 11.1 Å². The molecule has 0 unspecified atom stereocenters. The van der Waals surface area contributed by atoms with Gasteiger partial charge in [-0.2, -0.15) is 0 Å². The molecule has 0 spiro atoms. The predicted octanol–water partition coefficient (Wildman–Crippen LogP) is 6.81. The Morgan fingerprint density at radius 1 is 0.971 bits per heavy atom. The van der Waals surface area contributed by atoms with Crippen molar-refractivity contribution in [3.05, 3.63) is 93.2 Å². The minimum absolute atomic E-state index is 0.131. The van der Waals surface area contributed by atoms with E-state index in [1.54, 1.807) is 18.2 Å². The van der Waals surface area contributed by atoms with Crippen LogP contribution in [0.3, 0.4) is 0 Å². The molecule has 1 heterocycles. The molecular formula is C26H24Cl2N4O2S. The van der Waals surface area contributed by atoms with Crippen molar-refractivity contribution in [3.8, 4) is 11.4 Å². The number of benzene rings is 3. The quantitative estimate of drug-likeness (QED) is 0.255. The number of nitrogens with zero attached hydrogens (tertiary/aromatic N) is 3. The number of ether oxygens (including phenoxy) is 1. The monoisotopic (exact) mass is 526 g/mol. The number of aromatic nitrogens is 3. The van der Waals surface area contributed by atoms with E-state index in [-0.39, 0.29) is 18.3 Å². The van der Waals surface area contributed by atoms with Crippen LogP contribution < -0.4 is 10.1 Å². The molecule has 0 bridgehead atoms. The molecule has 0 aliphatic carbocycles. The Bertz CT molecular complexity index is 1320. The molecule has 9 heteroatoms. The van der Waals surface area contributed by atoms with Crippen molar-refractivity contribution < 1.29 is 9.53 Å². The first kappa shape index (κ1) is 25.1. The highest BCUT2D eigenvalue weighted by Crippen LogP contribution is 2.27. The summed E-state index contributed by atoms with van der Waals surface area (Å²) in [4.78, 5) is 12.6. The molecule has 0 aliphatic rings. The highest BCUT2D eigenvalue weighted by molar-refractivity contribution is 7.99. The van der Waals surface area contributed by atoms with E-state index in [1.165, 1.54) is 11.8 Å². The predicted molar refractivity (Wildman–Crippen MR) is 142 cm³/mol. The maximum absolute atomic E-state index is 12.6. The van der Waals surface area contributed by atoms with Gasteiger partial charge in [-0.1, -0.05) is 70.9 Å². The summed E-state index contributed by atoms with van der Waals surface area (Å²) in [6.07, 6.45) is 0. The molecule has 0 saturated heterocycles. The van der Waals surface area contributed by atoms with E-state index in [4.69, 9.17) is 27.9 Å². The van der Waals surface area contributed by atoms with Gasteiger partial charge < -0.3 is 10.1 Å². The Hall–Kier alpha value is -3.00. The molecule has 0 aliphatic heterocycles. The van der Waals surface area contributed by atoms with Crippen molar-refractivity contribution in [2.24, 2.45) is 0 Å². The zero-order valence-corrected chi connectivity index (χ0v) is 21.8. The summed E-state index contributed by atoms with van der Waals surface area (Å²) in [5, 5.41) is 13.0. The second-order valence-corrected chi connectivity index (χ2v) is 9.89. The zero-order chi connectivity index (χ0) is 24.9. The smallest absolute Gasteiger partial charge is 0.234 e.